The van der Waals surface area contributed by atoms with Crippen LogP contribution in [-0.2, 0) is 62.3 Å². The van der Waals surface area contributed by atoms with E-state index in [2.05, 4.69) is 0 Å². The van der Waals surface area contributed by atoms with Gasteiger partial charge < -0.3 is 64.5 Å². The lowest BCUT2D eigenvalue weighted by Gasteiger charge is -2.38. The first-order valence-corrected chi connectivity index (χ1v) is 33.4. The fourth-order valence-electron chi connectivity index (χ4n) is 17.7. The van der Waals surface area contributed by atoms with Gasteiger partial charge in [0.1, 0.15) is 72.5 Å². The largest absolute Gasteiger partial charge is 0.368 e. The van der Waals surface area contributed by atoms with Crippen molar-refractivity contribution in [2.75, 3.05) is 78.5 Å². The van der Waals surface area contributed by atoms with Crippen molar-refractivity contribution in [1.29, 1.82) is 0 Å². The van der Waals surface area contributed by atoms with E-state index in [0.717, 1.165) is 0 Å². The van der Waals surface area contributed by atoms with Gasteiger partial charge in [-0.3, -0.25) is 62.3 Å². The van der Waals surface area contributed by atoms with Crippen molar-refractivity contribution >= 4 is 76.8 Å². The van der Waals surface area contributed by atoms with Crippen LogP contribution < -0.4 is 5.73 Å². The Hall–Kier alpha value is -6.89. The average Bonchev–Trinajstić information content (AvgIpc) is 4.59. The Balaban J connectivity index is 0.662. The van der Waals surface area contributed by atoms with Crippen molar-refractivity contribution < 1.29 is 62.3 Å². The number of amides is 13. The van der Waals surface area contributed by atoms with Gasteiger partial charge in [-0.25, -0.2) is 0 Å². The summed E-state index contributed by atoms with van der Waals surface area (Å²) in [7, 11) is 0. The highest BCUT2D eigenvalue weighted by Crippen LogP contribution is 2.37. The highest BCUT2D eigenvalue weighted by Gasteiger charge is 2.54. The van der Waals surface area contributed by atoms with E-state index in [0.29, 0.717) is 226 Å². The lowest BCUT2D eigenvalue weighted by Crippen LogP contribution is -2.59. The molecule has 12 saturated heterocycles. The van der Waals surface area contributed by atoms with Crippen LogP contribution >= 0.6 is 0 Å². The molecule has 13 amide bonds. The number of hydrogen-bond acceptors (Lipinski definition) is 13. The lowest BCUT2D eigenvalue weighted by atomic mass is 10.1. The van der Waals surface area contributed by atoms with Crippen LogP contribution in [0.25, 0.3) is 0 Å². The maximum absolute atomic E-state index is 14.9. The van der Waals surface area contributed by atoms with Crippen molar-refractivity contribution in [2.45, 2.75) is 234 Å². The topological polar surface area (TPSA) is 287 Å². The third kappa shape index (κ3) is 11.0. The van der Waals surface area contributed by atoms with Crippen LogP contribution in [0.2, 0.25) is 0 Å². The Kier molecular flexibility index (Phi) is 17.8. The van der Waals surface area contributed by atoms with E-state index >= 15 is 0 Å². The Morgan fingerprint density at radius 1 is 0.205 bits per heavy atom. The van der Waals surface area contributed by atoms with Crippen LogP contribution in [0.4, 0.5) is 0 Å². The Morgan fingerprint density at radius 2 is 0.318 bits per heavy atom. The second-order valence-electron chi connectivity index (χ2n) is 26.9. The minimum atomic E-state index is -0.865. The van der Waals surface area contributed by atoms with Crippen molar-refractivity contribution in [3.63, 3.8) is 0 Å². The summed E-state index contributed by atoms with van der Waals surface area (Å²) in [4.78, 5) is 203. The molecule has 12 rings (SSSR count). The standard InChI is InChI=1S/C62H89N13O13/c1-38(76)64-26-3-15-40(64)52(78)66-28-5-17-42(66)54(80)68-30-7-19-44(68)56(82)70-32-9-21-46(70)58(84)72-34-11-23-48(72)60(86)74-36-13-25-50(74)62(88)75-37-12-24-49(75)61(87)73-35-10-22-47(73)59(85)71-33-8-20-45(71)57(83)69-31-6-18-43(69)55(81)67-29-4-16-41(67)53(79)65-27-2-14-39(65)51(63)77/h39-50H,2-37H2,1H3,(H2,63,77)/t39-,40-,41-,42-,43?,44-,45?,46-,47?,48-,49?,50-/m0/s1. The number of carbonyl (C=O) groups excluding carboxylic acids is 13. The summed E-state index contributed by atoms with van der Waals surface area (Å²) in [5.41, 5.74) is 5.63. The van der Waals surface area contributed by atoms with E-state index in [-0.39, 0.29) is 77.4 Å². The van der Waals surface area contributed by atoms with Gasteiger partial charge in [0, 0.05) is 85.5 Å². The van der Waals surface area contributed by atoms with E-state index in [4.69, 9.17) is 5.73 Å². The summed E-state index contributed by atoms with van der Waals surface area (Å²) in [6.45, 7) is 5.55. The highest BCUT2D eigenvalue weighted by molar-refractivity contribution is 6.01. The predicted octanol–water partition coefficient (Wildman–Crippen LogP) is -0.616. The van der Waals surface area contributed by atoms with Crippen molar-refractivity contribution in [2.24, 2.45) is 5.73 Å². The summed E-state index contributed by atoms with van der Waals surface area (Å²) in [5.74, 6) is -4.22. The molecule has 12 atom stereocenters. The van der Waals surface area contributed by atoms with E-state index in [9.17, 15) is 62.3 Å². The zero-order valence-corrected chi connectivity index (χ0v) is 51.1. The molecule has 0 aromatic rings. The monoisotopic (exact) mass is 1220 g/mol. The number of nitrogens with two attached hydrogens (primary N) is 1. The first kappa shape index (κ1) is 61.4. The summed E-state index contributed by atoms with van der Waals surface area (Å²) in [6.07, 6.45) is 12.1. The maximum Gasteiger partial charge on any atom is 0.246 e. The van der Waals surface area contributed by atoms with E-state index in [1.165, 1.54) is 11.8 Å². The first-order chi connectivity index (χ1) is 42.5. The predicted molar refractivity (Wildman–Crippen MR) is 312 cm³/mol. The minimum Gasteiger partial charge on any atom is -0.368 e. The molecule has 0 spiro atoms. The Morgan fingerprint density at radius 3 is 0.455 bits per heavy atom. The molecule has 12 aliphatic heterocycles. The molecule has 0 radical (unpaired) electrons. The molecule has 2 N–H and O–H groups in total. The summed E-state index contributed by atoms with van der Waals surface area (Å²) in [5, 5.41) is 0. The molecule has 12 aliphatic rings. The molecule has 0 bridgehead atoms. The fourth-order valence-corrected chi connectivity index (χ4v) is 17.7. The molecule has 12 fully saturated rings. The molecule has 26 nitrogen and oxygen atoms in total. The molecular weight excluding hydrogens is 1130 g/mol. The van der Waals surface area contributed by atoms with Crippen molar-refractivity contribution in [1.82, 2.24) is 58.8 Å². The number of nitrogens with zero attached hydrogens (tertiary/aromatic N) is 12. The SMILES string of the molecule is CC(=O)N1CCC[C@H]1C(=O)N1CCC[C@H]1C(=O)N1CCC[C@H]1C(=O)N1CCC[C@H]1C(=O)N1CCC[C@H]1C(=O)N1CCC[C@H]1C(=O)N1CCCC1C(=O)N1CCCC1C(=O)N1CCCC1C(=O)N1CCCC1C(=O)N1CCC[C@H]1C(=O)N1CCC[C@H]1C(N)=O. The van der Waals surface area contributed by atoms with Gasteiger partial charge in [0.2, 0.25) is 76.8 Å². The summed E-state index contributed by atoms with van der Waals surface area (Å²) >= 11 is 0. The van der Waals surface area contributed by atoms with Gasteiger partial charge in [-0.15, -0.1) is 0 Å². The Labute approximate surface area is 513 Å². The molecular formula is C62H89N13O13. The second kappa shape index (κ2) is 25.5. The number of hydrogen-bond donors (Lipinski definition) is 1. The van der Waals surface area contributed by atoms with Crippen LogP contribution in [0.1, 0.15) is 161 Å². The molecule has 4 unspecified atom stereocenters. The number of likely N-dealkylation sites (tertiary alicyclic amines) is 12. The average molecular weight is 1220 g/mol. The van der Waals surface area contributed by atoms with Gasteiger partial charge in [0.15, 0.2) is 0 Å². The quantitative estimate of drug-likeness (QED) is 0.256. The number of primary amides is 1. The van der Waals surface area contributed by atoms with Gasteiger partial charge >= 0.3 is 0 Å². The van der Waals surface area contributed by atoms with Crippen LogP contribution in [0.15, 0.2) is 0 Å². The normalized spacial score (nSPS) is 32.5. The molecule has 0 aromatic carbocycles. The zero-order valence-electron chi connectivity index (χ0n) is 51.1. The summed E-state index contributed by atoms with van der Waals surface area (Å²) < 4.78 is 0. The number of rotatable bonds is 12. The van der Waals surface area contributed by atoms with Crippen molar-refractivity contribution in [3.8, 4) is 0 Å². The van der Waals surface area contributed by atoms with Crippen LogP contribution in [0.5, 0.6) is 0 Å². The van der Waals surface area contributed by atoms with Gasteiger partial charge in [-0.1, -0.05) is 0 Å². The molecule has 0 aromatic heterocycles. The molecule has 88 heavy (non-hydrogen) atoms. The fraction of sp³-hybridized carbons (Fsp3) is 0.790. The van der Waals surface area contributed by atoms with Gasteiger partial charge in [-0.05, 0) is 154 Å². The van der Waals surface area contributed by atoms with E-state index in [1.54, 1.807) is 53.9 Å². The van der Waals surface area contributed by atoms with Gasteiger partial charge in [0.25, 0.3) is 0 Å². The van der Waals surface area contributed by atoms with Gasteiger partial charge in [0.05, 0.1) is 0 Å². The minimum absolute atomic E-state index is 0.175. The molecule has 480 valence electrons. The molecule has 12 heterocycles. The highest BCUT2D eigenvalue weighted by atomic mass is 16.2. The second-order valence-corrected chi connectivity index (χ2v) is 26.9. The first-order valence-electron chi connectivity index (χ1n) is 33.4. The summed E-state index contributed by atoms with van der Waals surface area (Å²) in [6, 6.07) is -9.53. The van der Waals surface area contributed by atoms with Crippen LogP contribution in [0.3, 0.4) is 0 Å². The smallest absolute Gasteiger partial charge is 0.246 e. The van der Waals surface area contributed by atoms with E-state index in [1.807, 2.05) is 0 Å². The van der Waals surface area contributed by atoms with Gasteiger partial charge in [-0.2, -0.15) is 0 Å². The van der Waals surface area contributed by atoms with Crippen LogP contribution in [0, 0.1) is 0 Å². The van der Waals surface area contributed by atoms with Crippen molar-refractivity contribution in [3.05, 3.63) is 0 Å². The maximum atomic E-state index is 14.9. The molecule has 0 aliphatic carbocycles. The van der Waals surface area contributed by atoms with E-state index < -0.39 is 78.4 Å². The Bertz CT molecular complexity index is 2670. The molecule has 0 saturated carbocycles. The van der Waals surface area contributed by atoms with Crippen LogP contribution in [-0.4, -0.2) is 287 Å². The third-order valence-electron chi connectivity index (χ3n) is 22.0. The third-order valence-corrected chi connectivity index (χ3v) is 22.0. The zero-order chi connectivity index (χ0) is 61.8. The molecule has 26 heteroatoms. The lowest BCUT2D eigenvalue weighted by molar-refractivity contribution is -0.156. The number of carbonyl (C=O) groups is 13.